The molecule has 2 fully saturated rings. The molecular formula is C27H33N7O3. The lowest BCUT2D eigenvalue weighted by Gasteiger charge is -2.35. The van der Waals surface area contributed by atoms with E-state index in [-0.39, 0.29) is 24.0 Å². The highest BCUT2D eigenvalue weighted by Crippen LogP contribution is 2.30. The highest BCUT2D eigenvalue weighted by Gasteiger charge is 2.31. The highest BCUT2D eigenvalue weighted by atomic mass is 16.5. The third kappa shape index (κ3) is 5.83. The van der Waals surface area contributed by atoms with Crippen LogP contribution in [0.25, 0.3) is 16.7 Å². The number of likely N-dealkylation sites (tertiary alicyclic amines) is 1. The highest BCUT2D eigenvalue weighted by molar-refractivity contribution is 5.86. The van der Waals surface area contributed by atoms with Gasteiger partial charge in [-0.2, -0.15) is 15.3 Å². The second-order valence-corrected chi connectivity index (χ2v) is 9.84. The van der Waals surface area contributed by atoms with Gasteiger partial charge in [0.25, 0.3) is 0 Å². The lowest BCUT2D eigenvalue weighted by molar-refractivity contribution is -0.138. The monoisotopic (exact) mass is 503 g/mol. The average Bonchev–Trinajstić information content (AvgIpc) is 3.37. The normalized spacial score (nSPS) is 20.5. The lowest BCUT2D eigenvalue weighted by Crippen LogP contribution is -2.44. The standard InChI is InChI=1S/C27H33N7O3/c28-13-1-2-17-37-24-5-3-4-23-22(24)18-30-34(23)25-10-14-29-27(32-25)31-20-8-6-19(7-9-20)26(36)33-15-11-21(35)12-16-33/h3-5,10,14,18-21,35H,1-2,6-9,11-12,15-17H2,(H,29,31,32)/t19-,20-. The first kappa shape index (κ1) is 25.0. The molecule has 0 spiro atoms. The summed E-state index contributed by atoms with van der Waals surface area (Å²) >= 11 is 0. The number of nitrogens with zero attached hydrogens (tertiary/aromatic N) is 6. The number of carbonyl (C=O) groups is 1. The zero-order valence-electron chi connectivity index (χ0n) is 20.9. The Morgan fingerprint density at radius 1 is 1.16 bits per heavy atom. The SMILES string of the molecule is N#CCCCOc1cccc2c1cnn2-c1ccnc(N[C@H]2CC[C@H](C(=O)N3CCC(O)CC3)CC2)n1. The van der Waals surface area contributed by atoms with Gasteiger partial charge < -0.3 is 20.1 Å². The molecule has 10 nitrogen and oxygen atoms in total. The van der Waals surface area contributed by atoms with Gasteiger partial charge in [-0.05, 0) is 57.1 Å². The van der Waals surface area contributed by atoms with E-state index in [0.717, 1.165) is 42.3 Å². The summed E-state index contributed by atoms with van der Waals surface area (Å²) in [5.41, 5.74) is 0.881. The summed E-state index contributed by atoms with van der Waals surface area (Å²) in [6, 6.07) is 9.97. The van der Waals surface area contributed by atoms with Crippen molar-refractivity contribution in [3.05, 3.63) is 36.7 Å². The van der Waals surface area contributed by atoms with Crippen molar-refractivity contribution in [2.75, 3.05) is 25.0 Å². The number of benzene rings is 1. The molecule has 10 heteroatoms. The van der Waals surface area contributed by atoms with Gasteiger partial charge in [0.2, 0.25) is 11.9 Å². The van der Waals surface area contributed by atoms with E-state index >= 15 is 0 Å². The maximum Gasteiger partial charge on any atom is 0.225 e. The third-order valence-electron chi connectivity index (χ3n) is 7.31. The molecule has 2 aromatic heterocycles. The summed E-state index contributed by atoms with van der Waals surface area (Å²) in [6.45, 7) is 1.81. The van der Waals surface area contributed by atoms with Crippen LogP contribution in [0.1, 0.15) is 51.4 Å². The molecule has 5 rings (SSSR count). The molecule has 2 aliphatic rings. The van der Waals surface area contributed by atoms with Gasteiger partial charge in [-0.15, -0.1) is 0 Å². The van der Waals surface area contributed by atoms with Crippen molar-refractivity contribution in [2.24, 2.45) is 5.92 Å². The molecule has 0 bridgehead atoms. The molecule has 0 unspecified atom stereocenters. The molecule has 1 aliphatic heterocycles. The zero-order chi connectivity index (χ0) is 25.6. The van der Waals surface area contributed by atoms with Gasteiger partial charge in [0, 0.05) is 43.7 Å². The van der Waals surface area contributed by atoms with Gasteiger partial charge in [0.1, 0.15) is 5.75 Å². The van der Waals surface area contributed by atoms with E-state index < -0.39 is 0 Å². The van der Waals surface area contributed by atoms with Gasteiger partial charge in [-0.25, -0.2) is 9.67 Å². The molecule has 1 amide bonds. The molecule has 0 atom stereocenters. The van der Waals surface area contributed by atoms with Gasteiger partial charge in [-0.3, -0.25) is 4.79 Å². The quantitative estimate of drug-likeness (QED) is 0.447. The van der Waals surface area contributed by atoms with Gasteiger partial charge in [0.15, 0.2) is 5.82 Å². The molecule has 3 heterocycles. The van der Waals surface area contributed by atoms with E-state index in [0.29, 0.717) is 57.1 Å². The number of aliphatic hydroxyl groups is 1. The Morgan fingerprint density at radius 2 is 1.97 bits per heavy atom. The molecule has 3 aromatic rings. The smallest absolute Gasteiger partial charge is 0.225 e. The van der Waals surface area contributed by atoms with Crippen LogP contribution >= 0.6 is 0 Å². The van der Waals surface area contributed by atoms with Crippen molar-refractivity contribution in [1.29, 1.82) is 5.26 Å². The Labute approximate surface area is 216 Å². The summed E-state index contributed by atoms with van der Waals surface area (Å²) in [5.74, 6) is 2.24. The number of nitrogens with one attached hydrogen (secondary N) is 1. The fourth-order valence-electron chi connectivity index (χ4n) is 5.21. The van der Waals surface area contributed by atoms with Crippen molar-refractivity contribution >= 4 is 22.8 Å². The summed E-state index contributed by atoms with van der Waals surface area (Å²) in [7, 11) is 0. The molecule has 194 valence electrons. The number of unbranched alkanes of at least 4 members (excludes halogenated alkanes) is 1. The molecule has 0 radical (unpaired) electrons. The van der Waals surface area contributed by atoms with Crippen molar-refractivity contribution in [3.8, 4) is 17.6 Å². The Bertz CT molecular complexity index is 1250. The number of carbonyl (C=O) groups excluding carboxylic acids is 1. The predicted octanol–water partition coefficient (Wildman–Crippen LogP) is 3.45. The minimum absolute atomic E-state index is 0.0623. The molecule has 1 saturated heterocycles. The summed E-state index contributed by atoms with van der Waals surface area (Å²) in [5, 5.41) is 27.3. The molecule has 1 aromatic carbocycles. The van der Waals surface area contributed by atoms with Crippen molar-refractivity contribution in [3.63, 3.8) is 0 Å². The number of ether oxygens (including phenoxy) is 1. The van der Waals surface area contributed by atoms with Crippen molar-refractivity contribution in [2.45, 2.75) is 63.5 Å². The Kier molecular flexibility index (Phi) is 7.80. The topological polar surface area (TPSA) is 129 Å². The summed E-state index contributed by atoms with van der Waals surface area (Å²) < 4.78 is 7.65. The maximum atomic E-state index is 12.9. The van der Waals surface area contributed by atoms with Crippen LogP contribution in [0.3, 0.4) is 0 Å². The number of nitriles is 1. The van der Waals surface area contributed by atoms with Crippen molar-refractivity contribution in [1.82, 2.24) is 24.6 Å². The molecular weight excluding hydrogens is 470 g/mol. The Morgan fingerprint density at radius 3 is 2.76 bits per heavy atom. The largest absolute Gasteiger partial charge is 0.493 e. The van der Waals surface area contributed by atoms with E-state index in [1.165, 1.54) is 0 Å². The molecule has 2 N–H and O–H groups in total. The second kappa shape index (κ2) is 11.6. The predicted molar refractivity (Wildman–Crippen MR) is 138 cm³/mol. The number of aromatic nitrogens is 4. The van der Waals surface area contributed by atoms with E-state index in [9.17, 15) is 9.90 Å². The summed E-state index contributed by atoms with van der Waals surface area (Å²) in [4.78, 5) is 23.9. The first-order valence-corrected chi connectivity index (χ1v) is 13.2. The average molecular weight is 504 g/mol. The van der Waals surface area contributed by atoms with E-state index in [1.54, 1.807) is 17.1 Å². The number of piperidine rings is 1. The number of hydrogen-bond donors (Lipinski definition) is 2. The summed E-state index contributed by atoms with van der Waals surface area (Å²) in [6.07, 6.45) is 9.19. The minimum Gasteiger partial charge on any atom is -0.493 e. The molecule has 1 saturated carbocycles. The number of aliphatic hydroxyl groups excluding tert-OH is 1. The van der Waals surface area contributed by atoms with Crippen LogP contribution in [0.4, 0.5) is 5.95 Å². The van der Waals surface area contributed by atoms with E-state index in [4.69, 9.17) is 15.0 Å². The first-order chi connectivity index (χ1) is 18.1. The van der Waals surface area contributed by atoms with Crippen LogP contribution < -0.4 is 10.1 Å². The van der Waals surface area contributed by atoms with Crippen LogP contribution in [-0.4, -0.2) is 67.5 Å². The van der Waals surface area contributed by atoms with Crippen LogP contribution in [0.2, 0.25) is 0 Å². The number of anilines is 1. The number of amides is 1. The minimum atomic E-state index is -0.269. The van der Waals surface area contributed by atoms with Gasteiger partial charge in [-0.1, -0.05) is 6.07 Å². The lowest BCUT2D eigenvalue weighted by atomic mass is 9.85. The molecule has 37 heavy (non-hydrogen) atoms. The fourth-order valence-corrected chi connectivity index (χ4v) is 5.21. The van der Waals surface area contributed by atoms with Gasteiger partial charge >= 0.3 is 0 Å². The fraction of sp³-hybridized carbons (Fsp3) is 0.519. The van der Waals surface area contributed by atoms with E-state index in [2.05, 4.69) is 21.5 Å². The van der Waals surface area contributed by atoms with E-state index in [1.807, 2.05) is 29.2 Å². The van der Waals surface area contributed by atoms with Crippen LogP contribution in [-0.2, 0) is 4.79 Å². The van der Waals surface area contributed by atoms with Gasteiger partial charge in [0.05, 0.1) is 35.9 Å². The third-order valence-corrected chi connectivity index (χ3v) is 7.31. The second-order valence-electron chi connectivity index (χ2n) is 9.84. The Hall–Kier alpha value is -3.71. The van der Waals surface area contributed by atoms with Crippen molar-refractivity contribution < 1.29 is 14.6 Å². The maximum absolute atomic E-state index is 12.9. The Balaban J connectivity index is 1.20. The zero-order valence-corrected chi connectivity index (χ0v) is 20.9. The first-order valence-electron chi connectivity index (χ1n) is 13.2. The number of fused-ring (bicyclic) bond motifs is 1. The number of rotatable bonds is 8. The number of hydrogen-bond acceptors (Lipinski definition) is 8. The van der Waals surface area contributed by atoms with Crippen LogP contribution in [0, 0.1) is 17.2 Å². The van der Waals surface area contributed by atoms with Crippen LogP contribution in [0.15, 0.2) is 36.7 Å². The van der Waals surface area contributed by atoms with Crippen LogP contribution in [0.5, 0.6) is 5.75 Å². The molecule has 1 aliphatic carbocycles.